The Morgan fingerprint density at radius 2 is 1.76 bits per heavy atom. The van der Waals surface area contributed by atoms with Crippen LogP contribution in [0.1, 0.15) is 47.8 Å². The average molecular weight is 429 g/mol. The molecule has 5 heteroatoms. The van der Waals surface area contributed by atoms with Gasteiger partial charge in [-0.05, 0) is 60.5 Å². The fourth-order valence-corrected chi connectivity index (χ4v) is 3.69. The molecule has 1 heterocycles. The molecule has 0 saturated carbocycles. The molecule has 0 aliphatic heterocycles. The number of rotatable bonds is 9. The number of carbonyl (C=O) groups is 1. The van der Waals surface area contributed by atoms with Crippen molar-refractivity contribution in [2.24, 2.45) is 0 Å². The topological polar surface area (TPSA) is 25.2 Å². The zero-order chi connectivity index (χ0) is 20.6. The van der Waals surface area contributed by atoms with Crippen molar-refractivity contribution >= 4 is 29.1 Å². The van der Waals surface area contributed by atoms with Gasteiger partial charge in [0.05, 0.1) is 6.54 Å². The third-order valence-electron chi connectivity index (χ3n) is 4.93. The third-order valence-corrected chi connectivity index (χ3v) is 5.42. The van der Waals surface area contributed by atoms with Gasteiger partial charge in [-0.1, -0.05) is 55.1 Å². The van der Waals surface area contributed by atoms with Crippen molar-refractivity contribution in [3.05, 3.63) is 93.7 Å². The minimum absolute atomic E-state index is 0.0354. The third kappa shape index (κ3) is 6.12. The van der Waals surface area contributed by atoms with Crippen molar-refractivity contribution in [2.45, 2.75) is 39.3 Å². The van der Waals surface area contributed by atoms with E-state index >= 15 is 0 Å². The van der Waals surface area contributed by atoms with E-state index < -0.39 is 0 Å². The smallest absolute Gasteiger partial charge is 0.254 e. The van der Waals surface area contributed by atoms with E-state index in [9.17, 15) is 4.79 Å². The summed E-state index contributed by atoms with van der Waals surface area (Å²) in [6.45, 7) is 4.19. The molecule has 29 heavy (non-hydrogen) atoms. The van der Waals surface area contributed by atoms with Crippen molar-refractivity contribution < 1.29 is 4.79 Å². The van der Waals surface area contributed by atoms with Gasteiger partial charge >= 0.3 is 0 Å². The maximum atomic E-state index is 13.1. The average Bonchev–Trinajstić information content (AvgIpc) is 3.14. The molecule has 0 N–H and O–H groups in total. The molecule has 0 fully saturated rings. The minimum Gasteiger partial charge on any atom is -0.345 e. The zero-order valence-electron chi connectivity index (χ0n) is 16.7. The Kier molecular flexibility index (Phi) is 7.79. The molecule has 3 nitrogen and oxygen atoms in total. The molecular formula is C24H26Cl2N2O. The standard InChI is InChI=1S/C24H26Cl2N2O/c1-2-3-4-14-28(24(29)20-10-12-21(25)13-11-20)18-23-9-6-15-27(23)17-19-7-5-8-22(26)16-19/h5-13,15-16H,2-4,14,17-18H2,1H3. The maximum absolute atomic E-state index is 13.1. The molecule has 152 valence electrons. The molecule has 0 saturated heterocycles. The Balaban J connectivity index is 1.78. The highest BCUT2D eigenvalue weighted by Crippen LogP contribution is 2.17. The Labute approximate surface area is 182 Å². The van der Waals surface area contributed by atoms with Crippen LogP contribution in [0.2, 0.25) is 10.0 Å². The Hall–Kier alpha value is -2.23. The number of amides is 1. The van der Waals surface area contributed by atoms with Gasteiger partial charge in [0.2, 0.25) is 0 Å². The number of hydrogen-bond acceptors (Lipinski definition) is 1. The van der Waals surface area contributed by atoms with E-state index in [2.05, 4.69) is 23.6 Å². The first-order valence-electron chi connectivity index (χ1n) is 10.00. The SMILES string of the molecule is CCCCCN(Cc1cccn1Cc1cccc(Cl)c1)C(=O)c1ccc(Cl)cc1. The lowest BCUT2D eigenvalue weighted by Gasteiger charge is -2.24. The number of nitrogens with zero attached hydrogens (tertiary/aromatic N) is 2. The minimum atomic E-state index is 0.0354. The van der Waals surface area contributed by atoms with Gasteiger partial charge in [-0.25, -0.2) is 0 Å². The molecule has 0 aliphatic rings. The fourth-order valence-electron chi connectivity index (χ4n) is 3.35. The molecular weight excluding hydrogens is 403 g/mol. The lowest BCUT2D eigenvalue weighted by molar-refractivity contribution is 0.0736. The molecule has 0 aliphatic carbocycles. The second-order valence-corrected chi connectivity index (χ2v) is 8.07. The molecule has 2 aromatic carbocycles. The molecule has 0 bridgehead atoms. The summed E-state index contributed by atoms with van der Waals surface area (Å²) in [5.41, 5.74) is 2.90. The first kappa shape index (κ1) is 21.5. The highest BCUT2D eigenvalue weighted by Gasteiger charge is 2.17. The lowest BCUT2D eigenvalue weighted by atomic mass is 10.1. The predicted octanol–water partition coefficient (Wildman–Crippen LogP) is 6.68. The number of aromatic nitrogens is 1. The van der Waals surface area contributed by atoms with E-state index in [-0.39, 0.29) is 5.91 Å². The number of hydrogen-bond donors (Lipinski definition) is 0. The second-order valence-electron chi connectivity index (χ2n) is 7.20. The molecule has 0 unspecified atom stereocenters. The van der Waals surface area contributed by atoms with Crippen LogP contribution in [-0.4, -0.2) is 21.9 Å². The molecule has 1 aromatic heterocycles. The maximum Gasteiger partial charge on any atom is 0.254 e. The van der Waals surface area contributed by atoms with Crippen molar-refractivity contribution in [1.82, 2.24) is 9.47 Å². The molecule has 3 rings (SSSR count). The van der Waals surface area contributed by atoms with Crippen LogP contribution in [-0.2, 0) is 13.1 Å². The van der Waals surface area contributed by atoms with Crippen molar-refractivity contribution in [3.8, 4) is 0 Å². The number of halogens is 2. The summed E-state index contributed by atoms with van der Waals surface area (Å²) < 4.78 is 2.17. The first-order valence-corrected chi connectivity index (χ1v) is 10.8. The van der Waals surface area contributed by atoms with E-state index in [0.717, 1.165) is 48.6 Å². The van der Waals surface area contributed by atoms with E-state index in [1.807, 2.05) is 35.4 Å². The highest BCUT2D eigenvalue weighted by molar-refractivity contribution is 6.30. The molecule has 0 atom stereocenters. The summed E-state index contributed by atoms with van der Waals surface area (Å²) in [6, 6.07) is 19.1. The number of benzene rings is 2. The van der Waals surface area contributed by atoms with Gasteiger partial charge < -0.3 is 9.47 Å². The van der Waals surface area contributed by atoms with Gasteiger partial charge in [0.15, 0.2) is 0 Å². The fraction of sp³-hybridized carbons (Fsp3) is 0.292. The van der Waals surface area contributed by atoms with E-state index in [1.165, 1.54) is 0 Å². The monoisotopic (exact) mass is 428 g/mol. The summed E-state index contributed by atoms with van der Waals surface area (Å²) >= 11 is 12.1. The summed E-state index contributed by atoms with van der Waals surface area (Å²) in [5, 5.41) is 1.37. The second kappa shape index (κ2) is 10.5. The summed E-state index contributed by atoms with van der Waals surface area (Å²) in [5.74, 6) is 0.0354. The number of carbonyl (C=O) groups excluding carboxylic acids is 1. The van der Waals surface area contributed by atoms with Crippen LogP contribution in [0.3, 0.4) is 0 Å². The van der Waals surface area contributed by atoms with Gasteiger partial charge in [-0.2, -0.15) is 0 Å². The first-order chi connectivity index (χ1) is 14.1. The van der Waals surface area contributed by atoms with Gasteiger partial charge in [0.1, 0.15) is 0 Å². The predicted molar refractivity (Wildman–Crippen MR) is 121 cm³/mol. The molecule has 1 amide bonds. The van der Waals surface area contributed by atoms with Gasteiger partial charge in [-0.3, -0.25) is 4.79 Å². The van der Waals surface area contributed by atoms with Crippen molar-refractivity contribution in [2.75, 3.05) is 6.54 Å². The van der Waals surface area contributed by atoms with Crippen LogP contribution in [0, 0.1) is 0 Å². The van der Waals surface area contributed by atoms with Gasteiger partial charge in [0.25, 0.3) is 5.91 Å². The highest BCUT2D eigenvalue weighted by atomic mass is 35.5. The summed E-state index contributed by atoms with van der Waals surface area (Å²) in [7, 11) is 0. The van der Waals surface area contributed by atoms with Crippen LogP contribution in [0.15, 0.2) is 66.9 Å². The molecule has 0 spiro atoms. The zero-order valence-corrected chi connectivity index (χ0v) is 18.2. The molecule has 3 aromatic rings. The Morgan fingerprint density at radius 3 is 2.48 bits per heavy atom. The normalized spacial score (nSPS) is 10.9. The van der Waals surface area contributed by atoms with Crippen LogP contribution in [0.5, 0.6) is 0 Å². The quantitative estimate of drug-likeness (QED) is 0.349. The van der Waals surface area contributed by atoms with Gasteiger partial charge in [0, 0.05) is 40.6 Å². The van der Waals surface area contributed by atoms with Gasteiger partial charge in [-0.15, -0.1) is 0 Å². The largest absolute Gasteiger partial charge is 0.345 e. The van der Waals surface area contributed by atoms with Crippen molar-refractivity contribution in [3.63, 3.8) is 0 Å². The Bertz CT molecular complexity index is 934. The van der Waals surface area contributed by atoms with Crippen molar-refractivity contribution in [1.29, 1.82) is 0 Å². The van der Waals surface area contributed by atoms with E-state index in [0.29, 0.717) is 17.1 Å². The molecule has 0 radical (unpaired) electrons. The van der Waals surface area contributed by atoms with Crippen LogP contribution >= 0.6 is 23.2 Å². The van der Waals surface area contributed by atoms with E-state index in [1.54, 1.807) is 24.3 Å². The van der Waals surface area contributed by atoms with Crippen LogP contribution in [0.4, 0.5) is 0 Å². The van der Waals surface area contributed by atoms with Crippen LogP contribution < -0.4 is 0 Å². The summed E-state index contributed by atoms with van der Waals surface area (Å²) in [4.78, 5) is 15.1. The Morgan fingerprint density at radius 1 is 0.966 bits per heavy atom. The lowest BCUT2D eigenvalue weighted by Crippen LogP contribution is -2.32. The van der Waals surface area contributed by atoms with Crippen LogP contribution in [0.25, 0.3) is 0 Å². The summed E-state index contributed by atoms with van der Waals surface area (Å²) in [6.07, 6.45) is 5.26. The number of unbranched alkanes of at least 4 members (excludes halogenated alkanes) is 2. The van der Waals surface area contributed by atoms with E-state index in [4.69, 9.17) is 23.2 Å².